The van der Waals surface area contributed by atoms with Crippen LogP contribution in [0.3, 0.4) is 0 Å². The largest absolute Gasteiger partial charge is 0.490 e. The van der Waals surface area contributed by atoms with Crippen molar-refractivity contribution in [3.05, 3.63) is 51.6 Å². The SMILES string of the molecule is CC(Nc1ccccc1I)c1ccc2c(c1)OCCCO2. The topological polar surface area (TPSA) is 30.5 Å². The Morgan fingerprint density at radius 3 is 2.62 bits per heavy atom. The first-order valence-corrected chi connectivity index (χ1v) is 8.22. The fraction of sp³-hybridized carbons (Fsp3) is 0.294. The molecule has 1 aliphatic heterocycles. The summed E-state index contributed by atoms with van der Waals surface area (Å²) >= 11 is 2.35. The summed E-state index contributed by atoms with van der Waals surface area (Å²) in [6.45, 7) is 3.60. The third-order valence-corrected chi connectivity index (χ3v) is 4.46. The summed E-state index contributed by atoms with van der Waals surface area (Å²) in [4.78, 5) is 0. The standard InChI is InChI=1S/C17H18INO2/c1-12(19-15-6-3-2-5-14(15)18)13-7-8-16-17(11-13)21-10-4-9-20-16/h2-3,5-8,11-12,19H,4,9-10H2,1H3. The van der Waals surface area contributed by atoms with Crippen LogP contribution in [0.15, 0.2) is 42.5 Å². The van der Waals surface area contributed by atoms with Gasteiger partial charge in [0, 0.05) is 21.7 Å². The molecular formula is C17H18INO2. The van der Waals surface area contributed by atoms with Crippen LogP contribution in [-0.4, -0.2) is 13.2 Å². The third-order valence-electron chi connectivity index (χ3n) is 3.52. The Bertz CT molecular complexity index is 630. The number of halogens is 1. The van der Waals surface area contributed by atoms with Gasteiger partial charge in [-0.05, 0) is 59.3 Å². The Labute approximate surface area is 138 Å². The van der Waals surface area contributed by atoms with Gasteiger partial charge in [-0.3, -0.25) is 0 Å². The number of para-hydroxylation sites is 1. The first-order valence-electron chi connectivity index (χ1n) is 7.14. The molecule has 0 saturated carbocycles. The average Bonchev–Trinajstić information content (AvgIpc) is 2.74. The molecule has 3 rings (SSSR count). The Hall–Kier alpha value is -1.43. The molecule has 2 aromatic rings. The fourth-order valence-electron chi connectivity index (χ4n) is 2.34. The van der Waals surface area contributed by atoms with E-state index in [4.69, 9.17) is 9.47 Å². The van der Waals surface area contributed by atoms with E-state index in [0.29, 0.717) is 0 Å². The summed E-state index contributed by atoms with van der Waals surface area (Å²) in [6.07, 6.45) is 0.931. The number of ether oxygens (including phenoxy) is 2. The highest BCUT2D eigenvalue weighted by Crippen LogP contribution is 2.33. The lowest BCUT2D eigenvalue weighted by molar-refractivity contribution is 0.297. The first-order chi connectivity index (χ1) is 10.2. The summed E-state index contributed by atoms with van der Waals surface area (Å²) in [6, 6.07) is 14.7. The van der Waals surface area contributed by atoms with E-state index in [9.17, 15) is 0 Å². The zero-order valence-electron chi connectivity index (χ0n) is 11.9. The highest BCUT2D eigenvalue weighted by Gasteiger charge is 2.14. The van der Waals surface area contributed by atoms with Gasteiger partial charge in [-0.1, -0.05) is 18.2 Å². The van der Waals surface area contributed by atoms with Gasteiger partial charge in [0.25, 0.3) is 0 Å². The highest BCUT2D eigenvalue weighted by molar-refractivity contribution is 14.1. The molecule has 0 saturated heterocycles. The quantitative estimate of drug-likeness (QED) is 0.770. The number of nitrogens with one attached hydrogen (secondary N) is 1. The number of rotatable bonds is 3. The zero-order valence-corrected chi connectivity index (χ0v) is 14.1. The van der Waals surface area contributed by atoms with Crippen molar-refractivity contribution in [3.63, 3.8) is 0 Å². The predicted molar refractivity (Wildman–Crippen MR) is 93.2 cm³/mol. The van der Waals surface area contributed by atoms with Crippen molar-refractivity contribution < 1.29 is 9.47 Å². The van der Waals surface area contributed by atoms with E-state index in [1.165, 1.54) is 9.13 Å². The lowest BCUT2D eigenvalue weighted by Crippen LogP contribution is -2.08. The molecule has 0 amide bonds. The zero-order chi connectivity index (χ0) is 14.7. The van der Waals surface area contributed by atoms with Crippen LogP contribution in [0.2, 0.25) is 0 Å². The van der Waals surface area contributed by atoms with E-state index in [1.54, 1.807) is 0 Å². The molecule has 0 aromatic heterocycles. The van der Waals surface area contributed by atoms with E-state index in [2.05, 4.69) is 59.1 Å². The molecule has 1 atom stereocenters. The second-order valence-corrected chi connectivity index (χ2v) is 6.26. The van der Waals surface area contributed by atoms with Crippen LogP contribution in [0.1, 0.15) is 24.9 Å². The van der Waals surface area contributed by atoms with Crippen LogP contribution in [0.5, 0.6) is 11.5 Å². The molecule has 21 heavy (non-hydrogen) atoms. The van der Waals surface area contributed by atoms with Gasteiger partial charge >= 0.3 is 0 Å². The van der Waals surface area contributed by atoms with Crippen molar-refractivity contribution in [3.8, 4) is 11.5 Å². The fourth-order valence-corrected chi connectivity index (χ4v) is 2.89. The average molecular weight is 395 g/mol. The van der Waals surface area contributed by atoms with Gasteiger partial charge in [0.1, 0.15) is 0 Å². The van der Waals surface area contributed by atoms with Crippen molar-refractivity contribution >= 4 is 28.3 Å². The van der Waals surface area contributed by atoms with Gasteiger partial charge in [0.05, 0.1) is 13.2 Å². The molecule has 4 heteroatoms. The summed E-state index contributed by atoms with van der Waals surface area (Å²) in [5.74, 6) is 1.69. The number of fused-ring (bicyclic) bond motifs is 1. The normalized spacial score (nSPS) is 15.1. The van der Waals surface area contributed by atoms with Gasteiger partial charge in [-0.2, -0.15) is 0 Å². The highest BCUT2D eigenvalue weighted by atomic mass is 127. The minimum Gasteiger partial charge on any atom is -0.490 e. The summed E-state index contributed by atoms with van der Waals surface area (Å²) < 4.78 is 12.7. The van der Waals surface area contributed by atoms with E-state index >= 15 is 0 Å². The van der Waals surface area contributed by atoms with Crippen LogP contribution < -0.4 is 14.8 Å². The number of hydrogen-bond acceptors (Lipinski definition) is 3. The monoisotopic (exact) mass is 395 g/mol. The lowest BCUT2D eigenvalue weighted by Gasteiger charge is -2.18. The molecule has 0 aliphatic carbocycles. The number of hydrogen-bond donors (Lipinski definition) is 1. The molecule has 110 valence electrons. The molecule has 0 spiro atoms. The molecule has 0 radical (unpaired) electrons. The second-order valence-electron chi connectivity index (χ2n) is 5.10. The molecule has 1 aliphatic rings. The summed E-state index contributed by atoms with van der Waals surface area (Å²) in [7, 11) is 0. The van der Waals surface area contributed by atoms with Gasteiger partial charge in [0.2, 0.25) is 0 Å². The number of benzene rings is 2. The maximum absolute atomic E-state index is 5.76. The van der Waals surface area contributed by atoms with E-state index in [0.717, 1.165) is 36.8 Å². The molecule has 1 N–H and O–H groups in total. The van der Waals surface area contributed by atoms with E-state index < -0.39 is 0 Å². The second kappa shape index (κ2) is 6.56. The van der Waals surface area contributed by atoms with Gasteiger partial charge < -0.3 is 14.8 Å². The minimum absolute atomic E-state index is 0.207. The van der Waals surface area contributed by atoms with Gasteiger partial charge in [-0.15, -0.1) is 0 Å². The molecule has 1 heterocycles. The first kappa shape index (κ1) is 14.5. The number of anilines is 1. The van der Waals surface area contributed by atoms with Crippen molar-refractivity contribution in [1.29, 1.82) is 0 Å². The summed E-state index contributed by atoms with van der Waals surface area (Å²) in [5, 5.41) is 3.54. The van der Waals surface area contributed by atoms with Crippen LogP contribution in [0, 0.1) is 3.57 Å². The van der Waals surface area contributed by atoms with Crippen molar-refractivity contribution in [2.24, 2.45) is 0 Å². The van der Waals surface area contributed by atoms with Gasteiger partial charge in [-0.25, -0.2) is 0 Å². The van der Waals surface area contributed by atoms with Crippen molar-refractivity contribution in [1.82, 2.24) is 0 Å². The minimum atomic E-state index is 0.207. The molecule has 0 bridgehead atoms. The lowest BCUT2D eigenvalue weighted by atomic mass is 10.1. The smallest absolute Gasteiger partial charge is 0.161 e. The Balaban J connectivity index is 1.80. The maximum atomic E-state index is 5.76. The van der Waals surface area contributed by atoms with E-state index in [-0.39, 0.29) is 6.04 Å². The Morgan fingerprint density at radius 1 is 1.05 bits per heavy atom. The van der Waals surface area contributed by atoms with Crippen molar-refractivity contribution in [2.45, 2.75) is 19.4 Å². The third kappa shape index (κ3) is 3.43. The maximum Gasteiger partial charge on any atom is 0.161 e. The van der Waals surface area contributed by atoms with E-state index in [1.807, 2.05) is 18.2 Å². The molecular weight excluding hydrogens is 377 g/mol. The molecule has 0 fully saturated rings. The Morgan fingerprint density at radius 2 is 1.81 bits per heavy atom. The summed E-state index contributed by atoms with van der Waals surface area (Å²) in [5.41, 5.74) is 2.34. The van der Waals surface area contributed by atoms with Crippen LogP contribution in [-0.2, 0) is 0 Å². The molecule has 1 unspecified atom stereocenters. The predicted octanol–water partition coefficient (Wildman–Crippen LogP) is 4.63. The van der Waals surface area contributed by atoms with Crippen LogP contribution >= 0.6 is 22.6 Å². The van der Waals surface area contributed by atoms with Crippen LogP contribution in [0.4, 0.5) is 5.69 Å². The van der Waals surface area contributed by atoms with Gasteiger partial charge in [0.15, 0.2) is 11.5 Å². The van der Waals surface area contributed by atoms with Crippen molar-refractivity contribution in [2.75, 3.05) is 18.5 Å². The van der Waals surface area contributed by atoms with Crippen LogP contribution in [0.25, 0.3) is 0 Å². The molecule has 2 aromatic carbocycles. The Kier molecular flexibility index (Phi) is 4.53. The molecule has 3 nitrogen and oxygen atoms in total.